The summed E-state index contributed by atoms with van der Waals surface area (Å²) in [5, 5.41) is 4.66. The van der Waals surface area contributed by atoms with E-state index in [1.807, 2.05) is 48.5 Å². The Balaban J connectivity index is 1.72. The van der Waals surface area contributed by atoms with Crippen molar-refractivity contribution in [3.05, 3.63) is 69.2 Å². The Bertz CT molecular complexity index is 661. The molecule has 2 rings (SSSR count). The van der Waals surface area contributed by atoms with E-state index in [0.29, 0.717) is 11.5 Å². The Morgan fingerprint density at radius 2 is 1.95 bits per heavy atom. The van der Waals surface area contributed by atoms with Crippen molar-refractivity contribution in [2.24, 2.45) is 5.10 Å². The topological polar surface area (TPSA) is 41.5 Å². The number of benzene rings is 2. The Morgan fingerprint density at radius 3 is 2.68 bits per heavy atom. The summed E-state index contributed by atoms with van der Waals surface area (Å²) in [5.41, 5.74) is 4.46. The molecule has 3 nitrogen and oxygen atoms in total. The highest BCUT2D eigenvalue weighted by Gasteiger charge is 2.03. The summed E-state index contributed by atoms with van der Waals surface area (Å²) >= 11 is 10.9. The van der Waals surface area contributed by atoms with Crippen LogP contribution in [0.5, 0.6) is 0 Å². The fraction of sp³-hybridized carbons (Fsp3) is 0.125. The molecule has 0 aliphatic rings. The molecule has 0 heterocycles. The lowest BCUT2D eigenvalue weighted by molar-refractivity contribution is -0.118. The van der Waals surface area contributed by atoms with Crippen molar-refractivity contribution < 1.29 is 4.79 Å². The lowest BCUT2D eigenvalue weighted by Crippen LogP contribution is -2.19. The molecule has 1 amide bonds. The van der Waals surface area contributed by atoms with Crippen molar-refractivity contribution in [2.75, 3.05) is 5.75 Å². The molecule has 0 saturated carbocycles. The summed E-state index contributed by atoms with van der Waals surface area (Å²) in [6, 6.07) is 15.3. The summed E-state index contributed by atoms with van der Waals surface area (Å²) in [5.74, 6) is 0.900. The monoisotopic (exact) mass is 396 g/mol. The van der Waals surface area contributed by atoms with Gasteiger partial charge in [0.1, 0.15) is 0 Å². The number of hydrogen-bond donors (Lipinski definition) is 1. The number of nitrogens with one attached hydrogen (secondary N) is 1. The summed E-state index contributed by atoms with van der Waals surface area (Å²) in [4.78, 5) is 11.7. The second kappa shape index (κ2) is 8.98. The number of thioether (sulfide) groups is 1. The molecule has 0 aromatic heterocycles. The van der Waals surface area contributed by atoms with E-state index in [9.17, 15) is 4.79 Å². The van der Waals surface area contributed by atoms with Gasteiger partial charge in [0.05, 0.1) is 12.0 Å². The van der Waals surface area contributed by atoms with Gasteiger partial charge in [0.15, 0.2) is 0 Å². The van der Waals surface area contributed by atoms with Crippen LogP contribution in [0.2, 0.25) is 5.02 Å². The van der Waals surface area contributed by atoms with Crippen LogP contribution in [0.15, 0.2) is 58.1 Å². The zero-order valence-electron chi connectivity index (χ0n) is 11.6. The van der Waals surface area contributed by atoms with Crippen molar-refractivity contribution >= 4 is 51.4 Å². The van der Waals surface area contributed by atoms with Crippen LogP contribution in [0.25, 0.3) is 0 Å². The standard InChI is InChI=1S/C16H14BrClN2OS/c17-14-7-5-12(6-8-14)9-19-20-16(21)11-22-10-13-3-1-2-4-15(13)18/h1-9H,10-11H2,(H,20,21)/b19-9+. The minimum Gasteiger partial charge on any atom is -0.272 e. The van der Waals surface area contributed by atoms with Crippen LogP contribution in [-0.4, -0.2) is 17.9 Å². The number of carbonyl (C=O) groups excluding carboxylic acids is 1. The number of carbonyl (C=O) groups is 1. The van der Waals surface area contributed by atoms with Crippen LogP contribution in [0, 0.1) is 0 Å². The quantitative estimate of drug-likeness (QED) is 0.576. The first kappa shape index (κ1) is 17.1. The van der Waals surface area contributed by atoms with Gasteiger partial charge in [0.2, 0.25) is 5.91 Å². The van der Waals surface area contributed by atoms with Crippen LogP contribution in [0.1, 0.15) is 11.1 Å². The molecule has 0 radical (unpaired) electrons. The van der Waals surface area contributed by atoms with Crippen molar-refractivity contribution in [1.29, 1.82) is 0 Å². The Labute approximate surface area is 147 Å². The Kier molecular flexibility index (Phi) is 6.96. The van der Waals surface area contributed by atoms with Crippen molar-refractivity contribution in [3.8, 4) is 0 Å². The summed E-state index contributed by atoms with van der Waals surface area (Å²) in [6.07, 6.45) is 1.61. The summed E-state index contributed by atoms with van der Waals surface area (Å²) in [7, 11) is 0. The Hall–Kier alpha value is -1.30. The fourth-order valence-corrected chi connectivity index (χ4v) is 3.00. The second-order valence-electron chi connectivity index (χ2n) is 4.43. The summed E-state index contributed by atoms with van der Waals surface area (Å²) < 4.78 is 1.00. The number of hydrazone groups is 1. The van der Waals surface area contributed by atoms with Gasteiger partial charge in [-0.15, -0.1) is 11.8 Å². The molecule has 0 saturated heterocycles. The van der Waals surface area contributed by atoms with E-state index in [4.69, 9.17) is 11.6 Å². The zero-order valence-corrected chi connectivity index (χ0v) is 14.8. The van der Waals surface area contributed by atoms with Crippen LogP contribution < -0.4 is 5.43 Å². The van der Waals surface area contributed by atoms with Gasteiger partial charge in [-0.25, -0.2) is 5.43 Å². The van der Waals surface area contributed by atoms with Gasteiger partial charge in [-0.3, -0.25) is 4.79 Å². The van der Waals surface area contributed by atoms with Crippen molar-refractivity contribution in [2.45, 2.75) is 5.75 Å². The number of nitrogens with zero attached hydrogens (tertiary/aromatic N) is 1. The molecule has 2 aromatic carbocycles. The highest BCUT2D eigenvalue weighted by molar-refractivity contribution is 9.10. The molecule has 114 valence electrons. The van der Waals surface area contributed by atoms with Crippen LogP contribution in [0.4, 0.5) is 0 Å². The van der Waals surface area contributed by atoms with Gasteiger partial charge in [0, 0.05) is 15.2 Å². The smallest absolute Gasteiger partial charge is 0.250 e. The maximum Gasteiger partial charge on any atom is 0.250 e. The average molecular weight is 398 g/mol. The molecule has 0 spiro atoms. The number of amides is 1. The first-order chi connectivity index (χ1) is 10.6. The van der Waals surface area contributed by atoms with Crippen LogP contribution >= 0.6 is 39.3 Å². The van der Waals surface area contributed by atoms with E-state index < -0.39 is 0 Å². The number of halogens is 2. The SMILES string of the molecule is O=C(CSCc1ccccc1Cl)N/N=C/c1ccc(Br)cc1. The van der Waals surface area contributed by atoms with Gasteiger partial charge in [-0.1, -0.05) is 57.9 Å². The molecule has 0 aliphatic heterocycles. The molecule has 22 heavy (non-hydrogen) atoms. The van der Waals surface area contributed by atoms with Crippen LogP contribution in [-0.2, 0) is 10.5 Å². The van der Waals surface area contributed by atoms with Crippen LogP contribution in [0.3, 0.4) is 0 Å². The minimum atomic E-state index is -0.134. The van der Waals surface area contributed by atoms with E-state index in [1.165, 1.54) is 11.8 Å². The largest absolute Gasteiger partial charge is 0.272 e. The van der Waals surface area contributed by atoms with Gasteiger partial charge in [0.25, 0.3) is 0 Å². The highest BCUT2D eigenvalue weighted by Crippen LogP contribution is 2.20. The molecule has 1 N–H and O–H groups in total. The third-order valence-electron chi connectivity index (χ3n) is 2.72. The molecule has 0 bridgehead atoms. The van der Waals surface area contributed by atoms with E-state index in [-0.39, 0.29) is 5.91 Å². The van der Waals surface area contributed by atoms with Gasteiger partial charge in [-0.05, 0) is 29.3 Å². The van der Waals surface area contributed by atoms with Gasteiger partial charge in [-0.2, -0.15) is 5.10 Å². The van der Waals surface area contributed by atoms with Gasteiger partial charge < -0.3 is 0 Å². The molecule has 6 heteroatoms. The predicted octanol–water partition coefficient (Wildman–Crippen LogP) is 4.49. The molecular formula is C16H14BrClN2OS. The van der Waals surface area contributed by atoms with Crippen molar-refractivity contribution in [3.63, 3.8) is 0 Å². The lowest BCUT2D eigenvalue weighted by atomic mass is 10.2. The van der Waals surface area contributed by atoms with Crippen molar-refractivity contribution in [1.82, 2.24) is 5.43 Å². The van der Waals surface area contributed by atoms with E-state index in [0.717, 1.165) is 20.6 Å². The third kappa shape index (κ3) is 5.83. The fourth-order valence-electron chi connectivity index (χ4n) is 1.63. The normalized spacial score (nSPS) is 10.8. The predicted molar refractivity (Wildman–Crippen MR) is 97.5 cm³/mol. The average Bonchev–Trinajstić information content (AvgIpc) is 2.51. The first-order valence-corrected chi connectivity index (χ1v) is 8.86. The number of rotatable bonds is 6. The second-order valence-corrected chi connectivity index (χ2v) is 6.74. The minimum absolute atomic E-state index is 0.134. The van der Waals surface area contributed by atoms with Gasteiger partial charge >= 0.3 is 0 Å². The molecule has 0 aliphatic carbocycles. The molecule has 0 atom stereocenters. The van der Waals surface area contributed by atoms with E-state index >= 15 is 0 Å². The first-order valence-electron chi connectivity index (χ1n) is 6.54. The highest BCUT2D eigenvalue weighted by atomic mass is 79.9. The third-order valence-corrected chi connectivity index (χ3v) is 4.60. The molecule has 0 fully saturated rings. The molecular weight excluding hydrogens is 384 g/mol. The zero-order chi connectivity index (χ0) is 15.8. The number of hydrogen-bond acceptors (Lipinski definition) is 3. The van der Waals surface area contributed by atoms with E-state index in [2.05, 4.69) is 26.5 Å². The van der Waals surface area contributed by atoms with E-state index in [1.54, 1.807) is 6.21 Å². The Morgan fingerprint density at radius 1 is 1.23 bits per heavy atom. The maximum absolute atomic E-state index is 11.7. The maximum atomic E-state index is 11.7. The lowest BCUT2D eigenvalue weighted by Gasteiger charge is -2.03. The summed E-state index contributed by atoms with van der Waals surface area (Å²) in [6.45, 7) is 0. The molecule has 2 aromatic rings. The molecule has 0 unspecified atom stereocenters.